The second kappa shape index (κ2) is 9.78. The maximum absolute atomic E-state index is 3.59. The molecule has 0 heterocycles. The molecule has 0 unspecified atom stereocenters. The first-order valence-electron chi connectivity index (χ1n) is 8.44. The van der Waals surface area contributed by atoms with Gasteiger partial charge in [0.1, 0.15) is 0 Å². The zero-order valence-corrected chi connectivity index (χ0v) is 16.1. The second-order valence-corrected chi connectivity index (χ2v) is 11.7. The maximum atomic E-state index is 3.59. The van der Waals surface area contributed by atoms with E-state index in [1.165, 1.54) is 61.1 Å². The number of hydrogen-bond acceptors (Lipinski definition) is 0. The number of halogens is 1. The van der Waals surface area contributed by atoms with Gasteiger partial charge < -0.3 is 0 Å². The van der Waals surface area contributed by atoms with Gasteiger partial charge in [-0.15, -0.1) is 0 Å². The number of hydrogen-bond donors (Lipinski definition) is 0. The molecule has 2 heteroatoms. The molecule has 1 aromatic carbocycles. The molecule has 0 aromatic heterocycles. The number of benzene rings is 1. The van der Waals surface area contributed by atoms with Gasteiger partial charge in [-0.25, -0.2) is 0 Å². The van der Waals surface area contributed by atoms with E-state index >= 15 is 0 Å². The average molecular weight is 355 g/mol. The Morgan fingerprint density at radius 1 is 0.750 bits per heavy atom. The molecule has 0 radical (unpaired) electrons. The third-order valence-electron chi connectivity index (χ3n) is 4.48. The van der Waals surface area contributed by atoms with E-state index in [2.05, 4.69) is 61.0 Å². The first-order valence-corrected chi connectivity index (χ1v) is 11.9. The Kier molecular flexibility index (Phi) is 8.79. The van der Waals surface area contributed by atoms with Crippen molar-refractivity contribution in [2.45, 2.75) is 77.4 Å². The summed E-state index contributed by atoms with van der Waals surface area (Å²) >= 11 is 3.59. The van der Waals surface area contributed by atoms with Gasteiger partial charge in [-0.3, -0.25) is 0 Å². The third-order valence-corrected chi connectivity index (χ3v) is 10.5. The fourth-order valence-electron chi connectivity index (χ4n) is 3.16. The highest BCUT2D eigenvalue weighted by Gasteiger charge is 2.32. The molecule has 0 fully saturated rings. The first kappa shape index (κ1) is 18.0. The maximum Gasteiger partial charge on any atom is 0.0867 e. The van der Waals surface area contributed by atoms with Crippen LogP contribution in [0.15, 0.2) is 28.7 Å². The highest BCUT2D eigenvalue weighted by Crippen LogP contribution is 2.28. The predicted octanol–water partition coefficient (Wildman–Crippen LogP) is 6.51. The minimum absolute atomic E-state index is 1.21. The molecular weight excluding hydrogens is 324 g/mol. The fraction of sp³-hybridized carbons (Fsp3) is 0.667. The van der Waals surface area contributed by atoms with Crippen molar-refractivity contribution in [1.82, 2.24) is 0 Å². The van der Waals surface area contributed by atoms with Gasteiger partial charge in [0, 0.05) is 4.47 Å². The van der Waals surface area contributed by atoms with E-state index in [1.54, 1.807) is 5.19 Å². The molecule has 0 bridgehead atoms. The molecular formula is C18H31BrSi. The van der Waals surface area contributed by atoms with E-state index in [9.17, 15) is 0 Å². The fourth-order valence-corrected chi connectivity index (χ4v) is 9.00. The molecule has 0 atom stereocenters. The molecule has 0 aliphatic carbocycles. The van der Waals surface area contributed by atoms with E-state index in [-0.39, 0.29) is 0 Å². The highest BCUT2D eigenvalue weighted by molar-refractivity contribution is 9.10. The summed E-state index contributed by atoms with van der Waals surface area (Å²) < 4.78 is 1.21. The Morgan fingerprint density at radius 3 is 1.50 bits per heavy atom. The van der Waals surface area contributed by atoms with Crippen LogP contribution in [-0.4, -0.2) is 8.07 Å². The molecule has 0 saturated carbocycles. The van der Waals surface area contributed by atoms with Crippen LogP contribution in [-0.2, 0) is 0 Å². The van der Waals surface area contributed by atoms with Gasteiger partial charge in [-0.05, 0) is 12.1 Å². The predicted molar refractivity (Wildman–Crippen MR) is 98.7 cm³/mol. The summed E-state index contributed by atoms with van der Waals surface area (Å²) in [6.07, 6.45) is 8.25. The van der Waals surface area contributed by atoms with E-state index in [0.717, 1.165) is 0 Å². The first-order chi connectivity index (χ1) is 9.68. The Morgan fingerprint density at radius 2 is 1.15 bits per heavy atom. The minimum atomic E-state index is -1.28. The van der Waals surface area contributed by atoms with Crippen LogP contribution in [0, 0.1) is 0 Å². The van der Waals surface area contributed by atoms with Crippen LogP contribution in [0.3, 0.4) is 0 Å². The molecule has 20 heavy (non-hydrogen) atoms. The molecule has 1 rings (SSSR count). The van der Waals surface area contributed by atoms with Gasteiger partial charge in [-0.1, -0.05) is 111 Å². The molecule has 114 valence electrons. The standard InChI is InChI=1S/C18H31BrSi/c1-4-7-14-20(15-8-5-2,16-9-6-3)18-12-10-17(19)11-13-18/h10-13H,4-9,14-16H2,1-3H3. The molecule has 1 aromatic rings. The van der Waals surface area contributed by atoms with Crippen LogP contribution in [0.5, 0.6) is 0 Å². The van der Waals surface area contributed by atoms with Gasteiger partial charge in [0.2, 0.25) is 0 Å². The zero-order valence-electron chi connectivity index (χ0n) is 13.6. The Bertz CT molecular complexity index is 336. The molecule has 0 saturated heterocycles. The van der Waals surface area contributed by atoms with Crippen molar-refractivity contribution < 1.29 is 0 Å². The largest absolute Gasteiger partial charge is 0.0867 e. The Labute approximate surface area is 135 Å². The summed E-state index contributed by atoms with van der Waals surface area (Å²) in [6.45, 7) is 7.00. The summed E-state index contributed by atoms with van der Waals surface area (Å²) in [5.41, 5.74) is 0. The summed E-state index contributed by atoms with van der Waals surface area (Å²) in [6, 6.07) is 13.8. The van der Waals surface area contributed by atoms with Crippen molar-refractivity contribution in [3.63, 3.8) is 0 Å². The second-order valence-electron chi connectivity index (χ2n) is 6.10. The summed E-state index contributed by atoms with van der Waals surface area (Å²) in [5, 5.41) is 1.70. The minimum Gasteiger partial charge on any atom is -0.0654 e. The van der Waals surface area contributed by atoms with Gasteiger partial charge in [0.25, 0.3) is 0 Å². The summed E-state index contributed by atoms with van der Waals surface area (Å²) in [4.78, 5) is 0. The van der Waals surface area contributed by atoms with E-state index in [1.807, 2.05) is 0 Å². The van der Waals surface area contributed by atoms with Crippen LogP contribution in [0.4, 0.5) is 0 Å². The third kappa shape index (κ3) is 5.36. The average Bonchev–Trinajstić information content (AvgIpc) is 2.48. The van der Waals surface area contributed by atoms with Crippen LogP contribution < -0.4 is 5.19 Å². The topological polar surface area (TPSA) is 0 Å². The van der Waals surface area contributed by atoms with E-state index in [0.29, 0.717) is 0 Å². The number of rotatable bonds is 10. The van der Waals surface area contributed by atoms with E-state index in [4.69, 9.17) is 0 Å². The van der Waals surface area contributed by atoms with Crippen molar-refractivity contribution in [2.75, 3.05) is 0 Å². The normalized spacial score (nSPS) is 11.8. The molecule has 0 nitrogen and oxygen atoms in total. The van der Waals surface area contributed by atoms with Gasteiger partial charge in [-0.2, -0.15) is 0 Å². The smallest absolute Gasteiger partial charge is 0.0654 e. The molecule has 0 aliphatic rings. The van der Waals surface area contributed by atoms with Gasteiger partial charge in [0.15, 0.2) is 0 Å². The van der Waals surface area contributed by atoms with Crippen LogP contribution in [0.25, 0.3) is 0 Å². The molecule has 0 spiro atoms. The lowest BCUT2D eigenvalue weighted by atomic mass is 10.3. The van der Waals surface area contributed by atoms with Crippen molar-refractivity contribution in [1.29, 1.82) is 0 Å². The van der Waals surface area contributed by atoms with Crippen LogP contribution in [0.1, 0.15) is 59.3 Å². The SMILES string of the molecule is CCCC[Si](CCCC)(CCCC)c1ccc(Br)cc1. The molecule has 0 N–H and O–H groups in total. The Hall–Kier alpha value is -0.0831. The van der Waals surface area contributed by atoms with Gasteiger partial charge >= 0.3 is 0 Å². The lowest BCUT2D eigenvalue weighted by Gasteiger charge is -2.33. The number of unbranched alkanes of at least 4 members (excludes halogenated alkanes) is 3. The highest BCUT2D eigenvalue weighted by atomic mass is 79.9. The van der Waals surface area contributed by atoms with Crippen molar-refractivity contribution in [3.05, 3.63) is 28.7 Å². The summed E-state index contributed by atoms with van der Waals surface area (Å²) in [7, 11) is -1.28. The lowest BCUT2D eigenvalue weighted by Crippen LogP contribution is -2.47. The summed E-state index contributed by atoms with van der Waals surface area (Å²) in [5.74, 6) is 0. The van der Waals surface area contributed by atoms with Crippen LogP contribution in [0.2, 0.25) is 18.1 Å². The zero-order chi connectivity index (χ0) is 14.8. The van der Waals surface area contributed by atoms with Crippen LogP contribution >= 0.6 is 15.9 Å². The van der Waals surface area contributed by atoms with Crippen molar-refractivity contribution >= 4 is 29.2 Å². The van der Waals surface area contributed by atoms with Gasteiger partial charge in [0.05, 0.1) is 8.07 Å². The lowest BCUT2D eigenvalue weighted by molar-refractivity contribution is 0.800. The van der Waals surface area contributed by atoms with E-state index < -0.39 is 8.07 Å². The molecule has 0 amide bonds. The quantitative estimate of drug-likeness (QED) is 0.420. The monoisotopic (exact) mass is 354 g/mol. The Balaban J connectivity index is 3.00. The van der Waals surface area contributed by atoms with Crippen molar-refractivity contribution in [2.24, 2.45) is 0 Å². The molecule has 0 aliphatic heterocycles. The van der Waals surface area contributed by atoms with Crippen molar-refractivity contribution in [3.8, 4) is 0 Å².